The number of ether oxygens (including phenoxy) is 2. The zero-order valence-electron chi connectivity index (χ0n) is 24.4. The Morgan fingerprint density at radius 3 is 2.27 bits per heavy atom. The summed E-state index contributed by atoms with van der Waals surface area (Å²) in [6, 6.07) is 28.6. The predicted octanol–water partition coefficient (Wildman–Crippen LogP) is 6.60. The van der Waals surface area contributed by atoms with Gasteiger partial charge in [-0.3, -0.25) is 4.79 Å². The van der Waals surface area contributed by atoms with Gasteiger partial charge in [0, 0.05) is 47.7 Å². The van der Waals surface area contributed by atoms with Crippen molar-refractivity contribution in [2.75, 3.05) is 0 Å². The van der Waals surface area contributed by atoms with Crippen LogP contribution in [0.5, 0.6) is 17.2 Å². The lowest BCUT2D eigenvalue weighted by Crippen LogP contribution is -2.43. The van der Waals surface area contributed by atoms with Crippen LogP contribution in [0.1, 0.15) is 29.8 Å². The van der Waals surface area contributed by atoms with E-state index >= 15 is 0 Å². The summed E-state index contributed by atoms with van der Waals surface area (Å²) in [6.07, 6.45) is 0.285. The third-order valence-corrected chi connectivity index (χ3v) is 7.47. The number of hydrogen-bond acceptors (Lipinski definition) is 9. The minimum Gasteiger partial charge on any atom is -0.508 e. The van der Waals surface area contributed by atoms with E-state index in [9.17, 15) is 24.6 Å². The van der Waals surface area contributed by atoms with Crippen molar-refractivity contribution in [3.8, 4) is 28.6 Å². The maximum atomic E-state index is 12.4. The first-order valence-electron chi connectivity index (χ1n) is 14.1. The van der Waals surface area contributed by atoms with Crippen molar-refractivity contribution in [2.24, 2.45) is 0 Å². The van der Waals surface area contributed by atoms with Gasteiger partial charge in [-0.1, -0.05) is 48.5 Å². The van der Waals surface area contributed by atoms with Gasteiger partial charge in [0.15, 0.2) is 5.43 Å². The Bertz CT molecular complexity index is 2150. The molecule has 2 aromatic heterocycles. The lowest BCUT2D eigenvalue weighted by atomic mass is 9.96. The highest BCUT2D eigenvalue weighted by molar-refractivity contribution is 5.89. The first kappa shape index (κ1) is 29.3. The van der Waals surface area contributed by atoms with Crippen LogP contribution in [0.3, 0.4) is 0 Å². The van der Waals surface area contributed by atoms with Crippen LogP contribution in [0, 0.1) is 0 Å². The Balaban J connectivity index is 0.000000167. The van der Waals surface area contributed by atoms with Crippen molar-refractivity contribution in [3.63, 3.8) is 0 Å². The number of esters is 1. The van der Waals surface area contributed by atoms with E-state index in [0.29, 0.717) is 29.1 Å². The molecule has 45 heavy (non-hydrogen) atoms. The van der Waals surface area contributed by atoms with Gasteiger partial charge in [0.25, 0.3) is 0 Å². The monoisotopic (exact) mass is 604 g/mol. The molecule has 2 N–H and O–H groups in total. The van der Waals surface area contributed by atoms with Crippen molar-refractivity contribution >= 4 is 27.9 Å². The van der Waals surface area contributed by atoms with Gasteiger partial charge in [-0.05, 0) is 43.7 Å². The highest BCUT2D eigenvalue weighted by Crippen LogP contribution is 2.37. The van der Waals surface area contributed by atoms with Crippen molar-refractivity contribution in [1.29, 1.82) is 0 Å². The second-order valence-corrected chi connectivity index (χ2v) is 11.1. The second kappa shape index (κ2) is 11.7. The largest absolute Gasteiger partial charge is 0.508 e. The van der Waals surface area contributed by atoms with Crippen LogP contribution >= 0.6 is 0 Å². The molecule has 0 bridgehead atoms. The first-order valence-corrected chi connectivity index (χ1v) is 14.1. The van der Waals surface area contributed by atoms with E-state index in [-0.39, 0.29) is 40.0 Å². The van der Waals surface area contributed by atoms with Crippen LogP contribution in [0.15, 0.2) is 122 Å². The summed E-state index contributed by atoms with van der Waals surface area (Å²) in [6.45, 7) is 3.68. The number of phenols is 2. The lowest BCUT2D eigenvalue weighted by molar-refractivity contribution is -0.0517. The molecular formula is C36H28O9. The van der Waals surface area contributed by atoms with Gasteiger partial charge in [0.05, 0.1) is 5.56 Å². The number of hydrogen-bond donors (Lipinski definition) is 2. The van der Waals surface area contributed by atoms with E-state index < -0.39 is 11.2 Å². The second-order valence-electron chi connectivity index (χ2n) is 11.1. The topological polar surface area (TPSA) is 136 Å². The number of rotatable bonds is 4. The fraction of sp³-hybridized carbons (Fsp3) is 0.139. The van der Waals surface area contributed by atoms with E-state index in [1.165, 1.54) is 18.2 Å². The van der Waals surface area contributed by atoms with Crippen LogP contribution in [0.4, 0.5) is 0 Å². The minimum atomic E-state index is -0.820. The normalized spacial score (nSPS) is 13.9. The van der Waals surface area contributed by atoms with E-state index in [1.54, 1.807) is 36.4 Å². The molecule has 7 rings (SSSR count). The molecule has 0 spiro atoms. The summed E-state index contributed by atoms with van der Waals surface area (Å²) in [5, 5.41) is 20.0. The number of carbonyl (C=O) groups is 1. The molecule has 0 saturated heterocycles. The molecule has 0 radical (unpaired) electrons. The lowest BCUT2D eigenvalue weighted by Gasteiger charge is -2.30. The number of aromatic hydroxyl groups is 2. The molecule has 1 atom stereocenters. The Morgan fingerprint density at radius 2 is 1.53 bits per heavy atom. The van der Waals surface area contributed by atoms with E-state index in [4.69, 9.17) is 18.3 Å². The average molecular weight is 605 g/mol. The number of phenolic OH excluding ortho intramolecular Hbond substituents is 2. The molecule has 226 valence electrons. The highest BCUT2D eigenvalue weighted by atomic mass is 16.6. The first-order chi connectivity index (χ1) is 21.6. The smallest absolute Gasteiger partial charge is 0.338 e. The van der Waals surface area contributed by atoms with Crippen LogP contribution in [-0.4, -0.2) is 27.9 Å². The summed E-state index contributed by atoms with van der Waals surface area (Å²) in [4.78, 5) is 35.8. The van der Waals surface area contributed by atoms with Crippen molar-refractivity contribution in [1.82, 2.24) is 0 Å². The molecule has 1 aliphatic rings. The Hall–Kier alpha value is -5.83. The number of benzene rings is 4. The van der Waals surface area contributed by atoms with Gasteiger partial charge in [-0.25, -0.2) is 9.59 Å². The third-order valence-electron chi connectivity index (χ3n) is 7.47. The summed E-state index contributed by atoms with van der Waals surface area (Å²) >= 11 is 0. The molecule has 4 aromatic carbocycles. The van der Waals surface area contributed by atoms with E-state index in [0.717, 1.165) is 22.6 Å². The zero-order chi connectivity index (χ0) is 31.7. The Morgan fingerprint density at radius 1 is 0.822 bits per heavy atom. The van der Waals surface area contributed by atoms with Gasteiger partial charge in [0.2, 0.25) is 0 Å². The molecule has 0 aliphatic carbocycles. The molecule has 0 amide bonds. The molecule has 9 heteroatoms. The Labute approximate surface area is 256 Å². The molecule has 1 aliphatic heterocycles. The summed E-state index contributed by atoms with van der Waals surface area (Å²) < 4.78 is 22.5. The molecule has 3 heterocycles. The van der Waals surface area contributed by atoms with E-state index in [2.05, 4.69) is 0 Å². The summed E-state index contributed by atoms with van der Waals surface area (Å²) in [5.41, 5.74) is 1.33. The van der Waals surface area contributed by atoms with Crippen LogP contribution in [0.2, 0.25) is 0 Å². The fourth-order valence-corrected chi connectivity index (χ4v) is 5.13. The van der Waals surface area contributed by atoms with Crippen LogP contribution in [-0.2, 0) is 11.2 Å². The molecule has 9 nitrogen and oxygen atoms in total. The van der Waals surface area contributed by atoms with Gasteiger partial charge in [-0.2, -0.15) is 0 Å². The summed E-state index contributed by atoms with van der Waals surface area (Å²) in [5.74, 6) is 0.219. The standard InChI is InChI=1S/C21H18O5.C15H10O4/c1-21(2,26-20(23)13-6-4-3-5-7-13)18-11-15-10-14-8-9-19(22)25-16(14)12-17(15)24-18;16-10-6-11(17)15-12(18)8-13(19-14(15)7-10)9-4-2-1-3-5-9/h3-10,12,18H,11H2,1-2H3;1-8,16-17H. The maximum absolute atomic E-state index is 12.4. The van der Waals surface area contributed by atoms with Crippen molar-refractivity contribution in [2.45, 2.75) is 32.0 Å². The molecule has 0 fully saturated rings. The zero-order valence-corrected chi connectivity index (χ0v) is 24.4. The van der Waals surface area contributed by atoms with Gasteiger partial charge in [0.1, 0.15) is 51.3 Å². The van der Waals surface area contributed by atoms with Crippen LogP contribution in [0.25, 0.3) is 33.3 Å². The van der Waals surface area contributed by atoms with Crippen molar-refractivity contribution < 1.29 is 33.3 Å². The molecular weight excluding hydrogens is 576 g/mol. The SMILES string of the molecule is CC(C)(OC(=O)c1ccccc1)C1Cc2cc3ccc(=O)oc3cc2O1.O=c1cc(-c2ccccc2)oc2cc(O)cc(O)c12. The molecule has 1 unspecified atom stereocenters. The highest BCUT2D eigenvalue weighted by Gasteiger charge is 2.40. The predicted molar refractivity (Wildman–Crippen MR) is 168 cm³/mol. The number of fused-ring (bicyclic) bond motifs is 3. The maximum Gasteiger partial charge on any atom is 0.338 e. The molecule has 6 aromatic rings. The average Bonchev–Trinajstić information content (AvgIpc) is 3.44. The van der Waals surface area contributed by atoms with Crippen LogP contribution < -0.4 is 15.8 Å². The quantitative estimate of drug-likeness (QED) is 0.168. The fourth-order valence-electron chi connectivity index (χ4n) is 5.13. The third kappa shape index (κ3) is 6.14. The van der Waals surface area contributed by atoms with E-state index in [1.807, 2.05) is 56.3 Å². The number of carbonyl (C=O) groups excluding carboxylic acids is 1. The minimum absolute atomic E-state index is 0.0671. The van der Waals surface area contributed by atoms with Gasteiger partial charge in [-0.15, -0.1) is 0 Å². The molecule has 0 saturated carbocycles. The summed E-state index contributed by atoms with van der Waals surface area (Å²) in [7, 11) is 0. The van der Waals surface area contributed by atoms with Gasteiger partial charge < -0.3 is 28.5 Å². The Kier molecular flexibility index (Phi) is 7.60. The van der Waals surface area contributed by atoms with Crippen molar-refractivity contribution in [3.05, 3.63) is 135 Å². The van der Waals surface area contributed by atoms with Gasteiger partial charge >= 0.3 is 11.6 Å².